The molecule has 0 spiro atoms. The van der Waals surface area contributed by atoms with Crippen molar-refractivity contribution in [3.05, 3.63) is 12.2 Å². The molecule has 4 fully saturated rings. The molecule has 0 aromatic heterocycles. The summed E-state index contributed by atoms with van der Waals surface area (Å²) in [6.07, 6.45) is 9.44. The highest BCUT2D eigenvalue weighted by Crippen LogP contribution is 2.67. The lowest BCUT2D eigenvalue weighted by Crippen LogP contribution is -2.56. The van der Waals surface area contributed by atoms with Crippen LogP contribution in [0.3, 0.4) is 0 Å². The van der Waals surface area contributed by atoms with Crippen molar-refractivity contribution < 1.29 is 4.79 Å². The van der Waals surface area contributed by atoms with Crippen molar-refractivity contribution in [2.45, 2.75) is 70.6 Å². The number of allylic oxidation sites excluding steroid dienone is 1. The van der Waals surface area contributed by atoms with E-state index >= 15 is 0 Å². The van der Waals surface area contributed by atoms with Crippen LogP contribution in [0.2, 0.25) is 0 Å². The van der Waals surface area contributed by atoms with Gasteiger partial charge in [0, 0.05) is 6.42 Å². The first-order valence-corrected chi connectivity index (χ1v) is 9.66. The van der Waals surface area contributed by atoms with E-state index in [2.05, 4.69) is 20.4 Å². The molecule has 0 aliphatic heterocycles. The molecule has 4 aliphatic rings. The van der Waals surface area contributed by atoms with Gasteiger partial charge in [-0.3, -0.25) is 4.79 Å². The van der Waals surface area contributed by atoms with E-state index in [-0.39, 0.29) is 5.38 Å². The molecule has 2 heteroatoms. The molecule has 0 N–H and O–H groups in total. The van der Waals surface area contributed by atoms with Crippen LogP contribution in [0.1, 0.15) is 65.2 Å². The summed E-state index contributed by atoms with van der Waals surface area (Å²) in [5.74, 6) is 3.19. The molecule has 122 valence electrons. The molecular weight excluding hydrogens is 292 g/mol. The Hall–Kier alpha value is -0.300. The number of halogens is 1. The largest absolute Gasteiger partial charge is 0.298 e. The quantitative estimate of drug-likeness (QED) is 0.433. The Morgan fingerprint density at radius 1 is 1.00 bits per heavy atom. The molecule has 0 unspecified atom stereocenters. The average molecular weight is 321 g/mol. The SMILES string of the molecule is C=C1CC[C@H]2[C@@H]3CC[C@@H]4[C@@H](Cl)C(=O)CC[C@]4(C)[C@H]3CC[C@@]12C. The van der Waals surface area contributed by atoms with E-state index in [4.69, 9.17) is 11.6 Å². The number of ketones is 1. The van der Waals surface area contributed by atoms with Crippen LogP contribution in [0.4, 0.5) is 0 Å². The van der Waals surface area contributed by atoms with Crippen LogP contribution in [0.5, 0.6) is 0 Å². The number of fused-ring (bicyclic) bond motifs is 5. The first kappa shape index (κ1) is 15.2. The van der Waals surface area contributed by atoms with Crippen LogP contribution in [0.15, 0.2) is 12.2 Å². The third-order valence-electron chi connectivity index (χ3n) is 8.47. The maximum Gasteiger partial charge on any atom is 0.151 e. The molecular formula is C20H29ClO. The van der Waals surface area contributed by atoms with E-state index in [0.717, 1.165) is 30.6 Å². The molecule has 0 bridgehead atoms. The van der Waals surface area contributed by atoms with Gasteiger partial charge in [0.15, 0.2) is 5.78 Å². The van der Waals surface area contributed by atoms with Crippen molar-refractivity contribution in [1.29, 1.82) is 0 Å². The number of carbonyl (C=O) groups is 1. The topological polar surface area (TPSA) is 17.1 Å². The lowest BCUT2D eigenvalue weighted by atomic mass is 9.45. The van der Waals surface area contributed by atoms with E-state index in [1.54, 1.807) is 0 Å². The van der Waals surface area contributed by atoms with Crippen molar-refractivity contribution in [3.63, 3.8) is 0 Å². The molecule has 4 rings (SSSR count). The lowest BCUT2D eigenvalue weighted by molar-refractivity contribution is -0.135. The van der Waals surface area contributed by atoms with E-state index in [1.807, 2.05) is 0 Å². The standard InChI is InChI=1S/C20H29ClO/c1-12-4-6-14-13-5-7-16-18(21)17(22)9-11-20(16,3)15(13)8-10-19(12,14)2/h13-16,18H,1,4-11H2,2-3H3/t13-,14-,15-,16+,18+,19-,20+/m0/s1. The van der Waals surface area contributed by atoms with Crippen molar-refractivity contribution in [1.82, 2.24) is 0 Å². The van der Waals surface area contributed by atoms with Gasteiger partial charge < -0.3 is 0 Å². The molecule has 0 aromatic rings. The Morgan fingerprint density at radius 2 is 1.77 bits per heavy atom. The van der Waals surface area contributed by atoms with Crippen molar-refractivity contribution in [3.8, 4) is 0 Å². The van der Waals surface area contributed by atoms with Crippen LogP contribution in [-0.4, -0.2) is 11.2 Å². The summed E-state index contributed by atoms with van der Waals surface area (Å²) in [5, 5.41) is -0.216. The van der Waals surface area contributed by atoms with E-state index < -0.39 is 0 Å². The molecule has 4 aliphatic carbocycles. The summed E-state index contributed by atoms with van der Waals surface area (Å²) in [6, 6.07) is 0. The van der Waals surface area contributed by atoms with Gasteiger partial charge in [0.05, 0.1) is 5.38 Å². The van der Waals surface area contributed by atoms with Crippen LogP contribution in [-0.2, 0) is 4.79 Å². The molecule has 7 atom stereocenters. The van der Waals surface area contributed by atoms with E-state index in [0.29, 0.717) is 29.0 Å². The highest BCUT2D eigenvalue weighted by atomic mass is 35.5. The maximum atomic E-state index is 12.1. The maximum absolute atomic E-state index is 12.1. The number of carbonyl (C=O) groups excluding carboxylic acids is 1. The van der Waals surface area contributed by atoms with Crippen LogP contribution in [0.25, 0.3) is 0 Å². The number of Topliss-reactive ketones (excluding diaryl/α,β-unsaturated/α-hetero) is 1. The Balaban J connectivity index is 1.67. The van der Waals surface area contributed by atoms with Gasteiger partial charge in [0.2, 0.25) is 0 Å². The number of rotatable bonds is 0. The monoisotopic (exact) mass is 320 g/mol. The number of alkyl halides is 1. The molecule has 0 radical (unpaired) electrons. The Kier molecular flexibility index (Phi) is 3.36. The lowest BCUT2D eigenvalue weighted by Gasteiger charge is -2.60. The Bertz CT molecular complexity index is 526. The number of hydrogen-bond acceptors (Lipinski definition) is 1. The van der Waals surface area contributed by atoms with Crippen LogP contribution in [0, 0.1) is 34.5 Å². The predicted molar refractivity (Wildman–Crippen MR) is 90.9 cm³/mol. The molecule has 0 amide bonds. The van der Waals surface area contributed by atoms with Crippen molar-refractivity contribution in [2.75, 3.05) is 0 Å². The van der Waals surface area contributed by atoms with Gasteiger partial charge in [0.1, 0.15) is 0 Å². The van der Waals surface area contributed by atoms with Gasteiger partial charge >= 0.3 is 0 Å². The number of hydrogen-bond donors (Lipinski definition) is 0. The summed E-state index contributed by atoms with van der Waals surface area (Å²) in [4.78, 5) is 12.1. The highest BCUT2D eigenvalue weighted by molar-refractivity contribution is 6.31. The summed E-state index contributed by atoms with van der Waals surface area (Å²) >= 11 is 6.56. The van der Waals surface area contributed by atoms with Crippen LogP contribution < -0.4 is 0 Å². The van der Waals surface area contributed by atoms with Gasteiger partial charge in [-0.2, -0.15) is 0 Å². The molecule has 0 heterocycles. The second-order valence-corrected chi connectivity index (χ2v) is 9.50. The van der Waals surface area contributed by atoms with E-state index in [9.17, 15) is 4.79 Å². The molecule has 1 nitrogen and oxygen atoms in total. The summed E-state index contributed by atoms with van der Waals surface area (Å²) < 4.78 is 0. The van der Waals surface area contributed by atoms with Gasteiger partial charge in [-0.1, -0.05) is 26.0 Å². The molecule has 22 heavy (non-hydrogen) atoms. The second kappa shape index (κ2) is 4.85. The van der Waals surface area contributed by atoms with Crippen LogP contribution >= 0.6 is 11.6 Å². The summed E-state index contributed by atoms with van der Waals surface area (Å²) in [5.41, 5.74) is 2.21. The third kappa shape index (κ3) is 1.81. The zero-order chi connectivity index (χ0) is 15.7. The summed E-state index contributed by atoms with van der Waals surface area (Å²) in [7, 11) is 0. The first-order chi connectivity index (χ1) is 10.4. The normalized spacial score (nSPS) is 54.6. The first-order valence-electron chi connectivity index (χ1n) is 9.23. The molecule has 0 aromatic carbocycles. The molecule has 4 saturated carbocycles. The fraction of sp³-hybridized carbons (Fsp3) is 0.850. The Labute approximate surface area is 139 Å². The van der Waals surface area contributed by atoms with Crippen molar-refractivity contribution in [2.24, 2.45) is 34.5 Å². The smallest absolute Gasteiger partial charge is 0.151 e. The predicted octanol–water partition coefficient (Wildman–Crippen LogP) is 5.37. The van der Waals surface area contributed by atoms with Gasteiger partial charge in [-0.05, 0) is 79.4 Å². The highest BCUT2D eigenvalue weighted by Gasteiger charge is 2.60. The van der Waals surface area contributed by atoms with Gasteiger partial charge in [0.25, 0.3) is 0 Å². The zero-order valence-corrected chi connectivity index (χ0v) is 14.8. The Morgan fingerprint density at radius 3 is 2.55 bits per heavy atom. The minimum absolute atomic E-state index is 0.216. The summed E-state index contributed by atoms with van der Waals surface area (Å²) in [6.45, 7) is 9.34. The fourth-order valence-electron chi connectivity index (χ4n) is 7.00. The molecule has 0 saturated heterocycles. The minimum Gasteiger partial charge on any atom is -0.298 e. The third-order valence-corrected chi connectivity index (χ3v) is 9.02. The second-order valence-electron chi connectivity index (χ2n) is 9.03. The van der Waals surface area contributed by atoms with Crippen molar-refractivity contribution >= 4 is 17.4 Å². The minimum atomic E-state index is -0.216. The van der Waals surface area contributed by atoms with Gasteiger partial charge in [-0.15, -0.1) is 11.6 Å². The zero-order valence-electron chi connectivity index (χ0n) is 14.0. The van der Waals surface area contributed by atoms with Gasteiger partial charge in [-0.25, -0.2) is 0 Å². The van der Waals surface area contributed by atoms with E-state index in [1.165, 1.54) is 37.7 Å². The average Bonchev–Trinajstić information content (AvgIpc) is 2.79. The fourth-order valence-corrected chi connectivity index (χ4v) is 7.52.